The van der Waals surface area contributed by atoms with E-state index in [1.165, 1.54) is 0 Å². The fourth-order valence-electron chi connectivity index (χ4n) is 3.71. The largest absolute Gasteiger partial charge is 0.356 e. The minimum atomic E-state index is -0.0725. The number of carbonyl (C=O) groups is 2. The third kappa shape index (κ3) is 6.15. The summed E-state index contributed by atoms with van der Waals surface area (Å²) in [5.74, 6) is -0.0121. The first kappa shape index (κ1) is 20.0. The third-order valence-electron chi connectivity index (χ3n) is 5.29. The monoisotopic (exact) mass is 380 g/mol. The van der Waals surface area contributed by atoms with E-state index in [1.54, 1.807) is 12.4 Å². The molecule has 2 aromatic rings. The van der Waals surface area contributed by atoms with Crippen LogP contribution in [-0.4, -0.2) is 34.9 Å². The first-order valence-electron chi connectivity index (χ1n) is 10.1. The van der Waals surface area contributed by atoms with E-state index in [0.29, 0.717) is 19.5 Å². The zero-order chi connectivity index (χ0) is 19.6. The van der Waals surface area contributed by atoms with E-state index < -0.39 is 0 Å². The van der Waals surface area contributed by atoms with Gasteiger partial charge in [0.2, 0.25) is 11.8 Å². The molecule has 2 aromatic heterocycles. The van der Waals surface area contributed by atoms with Gasteiger partial charge in [-0.15, -0.1) is 0 Å². The molecule has 1 aliphatic carbocycles. The van der Waals surface area contributed by atoms with Crippen molar-refractivity contribution in [3.05, 3.63) is 60.2 Å². The summed E-state index contributed by atoms with van der Waals surface area (Å²) >= 11 is 0. The van der Waals surface area contributed by atoms with Crippen LogP contribution in [0.4, 0.5) is 0 Å². The van der Waals surface area contributed by atoms with Crippen molar-refractivity contribution in [3.63, 3.8) is 0 Å². The predicted octanol–water partition coefficient (Wildman–Crippen LogP) is 2.30. The van der Waals surface area contributed by atoms with E-state index in [4.69, 9.17) is 0 Å². The van der Waals surface area contributed by atoms with E-state index in [0.717, 1.165) is 43.2 Å². The number of rotatable bonds is 8. The second-order valence-corrected chi connectivity index (χ2v) is 7.37. The highest BCUT2D eigenvalue weighted by molar-refractivity contribution is 5.82. The van der Waals surface area contributed by atoms with Crippen molar-refractivity contribution >= 4 is 11.8 Å². The van der Waals surface area contributed by atoms with Gasteiger partial charge >= 0.3 is 0 Å². The van der Waals surface area contributed by atoms with Crippen molar-refractivity contribution < 1.29 is 9.59 Å². The molecule has 2 atom stereocenters. The molecule has 1 fully saturated rings. The van der Waals surface area contributed by atoms with E-state index >= 15 is 0 Å². The number of aromatic nitrogens is 2. The Bertz CT molecular complexity index is 688. The summed E-state index contributed by atoms with van der Waals surface area (Å²) in [4.78, 5) is 33.1. The molecule has 148 valence electrons. The lowest BCUT2D eigenvalue weighted by Crippen LogP contribution is -2.39. The molecule has 2 heterocycles. The Labute approximate surface area is 166 Å². The van der Waals surface area contributed by atoms with Gasteiger partial charge in [-0.25, -0.2) is 0 Å². The number of hydrogen-bond acceptors (Lipinski definition) is 4. The molecule has 2 unspecified atom stereocenters. The molecule has 2 amide bonds. The first-order chi connectivity index (χ1) is 13.7. The second kappa shape index (κ2) is 10.5. The molecule has 6 nitrogen and oxygen atoms in total. The van der Waals surface area contributed by atoms with E-state index in [-0.39, 0.29) is 23.7 Å². The Morgan fingerprint density at radius 3 is 1.79 bits per heavy atom. The van der Waals surface area contributed by atoms with E-state index in [1.807, 2.05) is 36.7 Å². The Hall–Kier alpha value is -2.76. The maximum atomic E-state index is 12.5. The molecule has 0 radical (unpaired) electrons. The normalized spacial score (nSPS) is 19.0. The van der Waals surface area contributed by atoms with Crippen LogP contribution in [0, 0.1) is 11.8 Å². The van der Waals surface area contributed by atoms with Crippen LogP contribution in [0.5, 0.6) is 0 Å². The number of nitrogens with zero attached hydrogens (tertiary/aromatic N) is 2. The van der Waals surface area contributed by atoms with Crippen LogP contribution in [-0.2, 0) is 22.4 Å². The second-order valence-electron chi connectivity index (χ2n) is 7.37. The summed E-state index contributed by atoms with van der Waals surface area (Å²) in [6.07, 6.45) is 11.9. The van der Waals surface area contributed by atoms with Crippen molar-refractivity contribution in [1.29, 1.82) is 0 Å². The summed E-state index contributed by atoms with van der Waals surface area (Å²) < 4.78 is 0. The number of pyridine rings is 2. The fourth-order valence-corrected chi connectivity index (χ4v) is 3.71. The molecule has 6 heteroatoms. The molecule has 1 saturated carbocycles. The number of amides is 2. The van der Waals surface area contributed by atoms with Gasteiger partial charge in [0.25, 0.3) is 0 Å². The SMILES string of the molecule is O=C(NCCc1cccnc1)C1CCCC(C(=O)NCCc2cccnc2)C1. The Morgan fingerprint density at radius 1 is 0.857 bits per heavy atom. The van der Waals surface area contributed by atoms with Gasteiger partial charge < -0.3 is 10.6 Å². The first-order valence-corrected chi connectivity index (χ1v) is 10.1. The Morgan fingerprint density at radius 2 is 1.36 bits per heavy atom. The number of hydrogen-bond donors (Lipinski definition) is 2. The fraction of sp³-hybridized carbons (Fsp3) is 0.455. The van der Waals surface area contributed by atoms with Crippen molar-refractivity contribution in [2.75, 3.05) is 13.1 Å². The molecule has 0 saturated heterocycles. The van der Waals surface area contributed by atoms with Gasteiger partial charge in [0.05, 0.1) is 0 Å². The van der Waals surface area contributed by atoms with Crippen LogP contribution in [0.3, 0.4) is 0 Å². The highest BCUT2D eigenvalue weighted by atomic mass is 16.2. The zero-order valence-electron chi connectivity index (χ0n) is 16.1. The Kier molecular flexibility index (Phi) is 7.53. The molecule has 0 spiro atoms. The maximum Gasteiger partial charge on any atom is 0.223 e. The summed E-state index contributed by atoms with van der Waals surface area (Å²) in [5, 5.41) is 6.04. The molecule has 1 aliphatic rings. The third-order valence-corrected chi connectivity index (χ3v) is 5.29. The Balaban J connectivity index is 1.38. The molecule has 28 heavy (non-hydrogen) atoms. The molecule has 0 aromatic carbocycles. The van der Waals surface area contributed by atoms with Crippen LogP contribution < -0.4 is 10.6 Å². The van der Waals surface area contributed by atoms with Crippen LogP contribution in [0.1, 0.15) is 36.8 Å². The van der Waals surface area contributed by atoms with Crippen molar-refractivity contribution in [2.24, 2.45) is 11.8 Å². The standard InChI is InChI=1S/C22H28N4O2/c27-21(25-12-8-17-4-2-10-23-15-17)19-6-1-7-20(14-19)22(28)26-13-9-18-5-3-11-24-16-18/h2-5,10-11,15-16,19-20H,1,6-9,12-14H2,(H,25,27)(H,26,28). The predicted molar refractivity (Wildman–Crippen MR) is 107 cm³/mol. The molecular weight excluding hydrogens is 352 g/mol. The minimum absolute atomic E-state index is 0.0664. The minimum Gasteiger partial charge on any atom is -0.356 e. The van der Waals surface area contributed by atoms with Gasteiger partial charge in [-0.3, -0.25) is 19.6 Å². The van der Waals surface area contributed by atoms with Gasteiger partial charge in [0, 0.05) is 49.7 Å². The maximum absolute atomic E-state index is 12.5. The van der Waals surface area contributed by atoms with Crippen LogP contribution in [0.2, 0.25) is 0 Å². The molecule has 0 aliphatic heterocycles. The van der Waals surface area contributed by atoms with E-state index in [2.05, 4.69) is 20.6 Å². The highest BCUT2D eigenvalue weighted by Crippen LogP contribution is 2.29. The van der Waals surface area contributed by atoms with Gasteiger partial charge in [0.1, 0.15) is 0 Å². The average molecular weight is 380 g/mol. The summed E-state index contributed by atoms with van der Waals surface area (Å²) in [6.45, 7) is 1.20. The molecule has 3 rings (SSSR count). The summed E-state index contributed by atoms with van der Waals surface area (Å²) in [5.41, 5.74) is 2.22. The smallest absolute Gasteiger partial charge is 0.223 e. The molecule has 0 bridgehead atoms. The van der Waals surface area contributed by atoms with Crippen molar-refractivity contribution in [2.45, 2.75) is 38.5 Å². The summed E-state index contributed by atoms with van der Waals surface area (Å²) in [6, 6.07) is 7.81. The van der Waals surface area contributed by atoms with E-state index in [9.17, 15) is 9.59 Å². The zero-order valence-corrected chi connectivity index (χ0v) is 16.1. The van der Waals surface area contributed by atoms with Crippen molar-refractivity contribution in [3.8, 4) is 0 Å². The van der Waals surface area contributed by atoms with Crippen LogP contribution in [0.25, 0.3) is 0 Å². The van der Waals surface area contributed by atoms with Crippen LogP contribution >= 0.6 is 0 Å². The number of carbonyl (C=O) groups excluding carboxylic acids is 2. The highest BCUT2D eigenvalue weighted by Gasteiger charge is 2.30. The number of nitrogens with one attached hydrogen (secondary N) is 2. The van der Waals surface area contributed by atoms with Gasteiger partial charge in [-0.05, 0) is 55.4 Å². The van der Waals surface area contributed by atoms with Crippen molar-refractivity contribution in [1.82, 2.24) is 20.6 Å². The van der Waals surface area contributed by atoms with Gasteiger partial charge in [0.15, 0.2) is 0 Å². The van der Waals surface area contributed by atoms with Gasteiger partial charge in [-0.2, -0.15) is 0 Å². The lowest BCUT2D eigenvalue weighted by Gasteiger charge is -2.27. The van der Waals surface area contributed by atoms with Gasteiger partial charge in [-0.1, -0.05) is 18.6 Å². The average Bonchev–Trinajstić information content (AvgIpc) is 2.75. The molecule has 2 N–H and O–H groups in total. The molecular formula is C22H28N4O2. The lowest BCUT2D eigenvalue weighted by atomic mass is 9.80. The summed E-state index contributed by atoms with van der Waals surface area (Å²) in [7, 11) is 0. The lowest BCUT2D eigenvalue weighted by molar-refractivity contribution is -0.130. The van der Waals surface area contributed by atoms with Crippen LogP contribution in [0.15, 0.2) is 49.1 Å². The topological polar surface area (TPSA) is 84.0 Å². The quantitative estimate of drug-likeness (QED) is 0.736.